The standard InChI is InChI=1S/C12H22N2O4/c1-3-4-5-9(2)13-12(17)14-6-7-18-10(8-14)11(15)16/h9-10H,3-8H2,1-2H3,(H,13,17)(H,15,16). The molecule has 0 aromatic carbocycles. The maximum atomic E-state index is 11.9. The fourth-order valence-electron chi connectivity index (χ4n) is 1.87. The van der Waals surface area contributed by atoms with E-state index in [0.29, 0.717) is 6.54 Å². The summed E-state index contributed by atoms with van der Waals surface area (Å²) in [6, 6.07) is -0.0864. The van der Waals surface area contributed by atoms with Gasteiger partial charge >= 0.3 is 12.0 Å². The summed E-state index contributed by atoms with van der Waals surface area (Å²) in [6.45, 7) is 4.89. The van der Waals surface area contributed by atoms with Crippen molar-refractivity contribution in [1.29, 1.82) is 0 Å². The van der Waals surface area contributed by atoms with Crippen molar-refractivity contribution < 1.29 is 19.4 Å². The average Bonchev–Trinajstić information content (AvgIpc) is 2.36. The third-order valence-electron chi connectivity index (χ3n) is 2.99. The molecule has 0 spiro atoms. The maximum Gasteiger partial charge on any atom is 0.334 e. The number of carbonyl (C=O) groups is 2. The van der Waals surface area contributed by atoms with Gasteiger partial charge < -0.3 is 20.1 Å². The molecule has 0 saturated carbocycles. The van der Waals surface area contributed by atoms with Crippen molar-refractivity contribution in [1.82, 2.24) is 10.2 Å². The molecule has 2 N–H and O–H groups in total. The van der Waals surface area contributed by atoms with Crippen LogP contribution in [-0.2, 0) is 9.53 Å². The van der Waals surface area contributed by atoms with Gasteiger partial charge in [-0.25, -0.2) is 9.59 Å². The third-order valence-corrected chi connectivity index (χ3v) is 2.99. The van der Waals surface area contributed by atoms with Gasteiger partial charge in [-0.05, 0) is 13.3 Å². The SMILES string of the molecule is CCCCC(C)NC(=O)N1CCOC(C(=O)O)C1. The quantitative estimate of drug-likeness (QED) is 0.773. The summed E-state index contributed by atoms with van der Waals surface area (Å²) in [7, 11) is 0. The predicted octanol–water partition coefficient (Wildman–Crippen LogP) is 1.06. The summed E-state index contributed by atoms with van der Waals surface area (Å²) < 4.78 is 5.07. The predicted molar refractivity (Wildman–Crippen MR) is 66.5 cm³/mol. The first-order valence-electron chi connectivity index (χ1n) is 6.44. The molecule has 0 aliphatic carbocycles. The van der Waals surface area contributed by atoms with Gasteiger partial charge in [0.15, 0.2) is 6.10 Å². The lowest BCUT2D eigenvalue weighted by molar-refractivity contribution is -0.154. The van der Waals surface area contributed by atoms with E-state index in [-0.39, 0.29) is 25.2 Å². The molecule has 1 heterocycles. The van der Waals surface area contributed by atoms with Crippen LogP contribution >= 0.6 is 0 Å². The summed E-state index contributed by atoms with van der Waals surface area (Å²) in [6.07, 6.45) is 2.20. The molecule has 1 fully saturated rings. The molecule has 0 aromatic heterocycles. The summed E-state index contributed by atoms with van der Waals surface area (Å²) in [5.41, 5.74) is 0. The molecule has 1 rings (SSSR count). The molecule has 2 amide bonds. The van der Waals surface area contributed by atoms with Crippen LogP contribution in [0.25, 0.3) is 0 Å². The van der Waals surface area contributed by atoms with Crippen LogP contribution in [0.4, 0.5) is 4.79 Å². The number of urea groups is 1. The fraction of sp³-hybridized carbons (Fsp3) is 0.833. The van der Waals surface area contributed by atoms with Gasteiger partial charge in [0.05, 0.1) is 13.2 Å². The number of amides is 2. The monoisotopic (exact) mass is 258 g/mol. The lowest BCUT2D eigenvalue weighted by Crippen LogP contribution is -2.53. The second kappa shape index (κ2) is 7.20. The fourth-order valence-corrected chi connectivity index (χ4v) is 1.87. The second-order valence-electron chi connectivity index (χ2n) is 4.64. The largest absolute Gasteiger partial charge is 0.479 e. The minimum Gasteiger partial charge on any atom is -0.479 e. The van der Waals surface area contributed by atoms with E-state index in [1.54, 1.807) is 0 Å². The Morgan fingerprint density at radius 1 is 1.56 bits per heavy atom. The highest BCUT2D eigenvalue weighted by Gasteiger charge is 2.29. The average molecular weight is 258 g/mol. The topological polar surface area (TPSA) is 78.9 Å². The Morgan fingerprint density at radius 2 is 2.28 bits per heavy atom. The first-order chi connectivity index (χ1) is 8.54. The molecular formula is C12H22N2O4. The number of aliphatic carboxylic acids is 1. The Bertz CT molecular complexity index is 296. The minimum atomic E-state index is -1.02. The highest BCUT2D eigenvalue weighted by molar-refractivity contribution is 5.77. The number of ether oxygens (including phenoxy) is 1. The zero-order chi connectivity index (χ0) is 13.5. The van der Waals surface area contributed by atoms with Gasteiger partial charge in [-0.3, -0.25) is 0 Å². The van der Waals surface area contributed by atoms with E-state index >= 15 is 0 Å². The smallest absolute Gasteiger partial charge is 0.334 e. The van der Waals surface area contributed by atoms with Crippen molar-refractivity contribution in [3.63, 3.8) is 0 Å². The highest BCUT2D eigenvalue weighted by Crippen LogP contribution is 2.07. The second-order valence-corrected chi connectivity index (χ2v) is 4.64. The first-order valence-corrected chi connectivity index (χ1v) is 6.44. The Morgan fingerprint density at radius 3 is 2.89 bits per heavy atom. The zero-order valence-corrected chi connectivity index (χ0v) is 11.0. The third kappa shape index (κ3) is 4.52. The van der Waals surface area contributed by atoms with Crippen LogP contribution in [0.3, 0.4) is 0 Å². The van der Waals surface area contributed by atoms with Crippen molar-refractivity contribution in [3.05, 3.63) is 0 Å². The van der Waals surface area contributed by atoms with Crippen LogP contribution in [0.5, 0.6) is 0 Å². The van der Waals surface area contributed by atoms with Crippen LogP contribution in [0.1, 0.15) is 33.1 Å². The van der Waals surface area contributed by atoms with Crippen molar-refractivity contribution in [2.24, 2.45) is 0 Å². The normalized spacial score (nSPS) is 21.4. The number of morpholine rings is 1. The molecule has 0 bridgehead atoms. The van der Waals surface area contributed by atoms with Crippen molar-refractivity contribution in [2.75, 3.05) is 19.7 Å². The van der Waals surface area contributed by atoms with Gasteiger partial charge in [0, 0.05) is 12.6 Å². The van der Waals surface area contributed by atoms with Gasteiger partial charge in [0.2, 0.25) is 0 Å². The van der Waals surface area contributed by atoms with E-state index in [0.717, 1.165) is 19.3 Å². The zero-order valence-electron chi connectivity index (χ0n) is 11.0. The Labute approximate surface area is 107 Å². The summed E-state index contributed by atoms with van der Waals surface area (Å²) in [5.74, 6) is -1.02. The van der Waals surface area contributed by atoms with E-state index in [2.05, 4.69) is 12.2 Å². The molecule has 0 radical (unpaired) electrons. The van der Waals surface area contributed by atoms with Crippen molar-refractivity contribution in [2.45, 2.75) is 45.3 Å². The number of nitrogens with one attached hydrogen (secondary N) is 1. The molecule has 6 nitrogen and oxygen atoms in total. The number of hydrogen-bond acceptors (Lipinski definition) is 3. The van der Waals surface area contributed by atoms with E-state index in [1.165, 1.54) is 4.90 Å². The minimum absolute atomic E-state index is 0.113. The Hall–Kier alpha value is -1.30. The number of nitrogens with zero attached hydrogens (tertiary/aromatic N) is 1. The number of carbonyl (C=O) groups excluding carboxylic acids is 1. The molecule has 2 unspecified atom stereocenters. The molecule has 1 aliphatic heterocycles. The van der Waals surface area contributed by atoms with Crippen molar-refractivity contribution in [3.8, 4) is 0 Å². The van der Waals surface area contributed by atoms with Gasteiger partial charge in [0.25, 0.3) is 0 Å². The van der Waals surface area contributed by atoms with E-state index < -0.39 is 12.1 Å². The number of carboxylic acids is 1. The van der Waals surface area contributed by atoms with Gasteiger partial charge in [-0.2, -0.15) is 0 Å². The van der Waals surface area contributed by atoms with Crippen LogP contribution < -0.4 is 5.32 Å². The van der Waals surface area contributed by atoms with Gasteiger partial charge in [-0.1, -0.05) is 19.8 Å². The number of rotatable bonds is 5. The maximum absolute atomic E-state index is 11.9. The van der Waals surface area contributed by atoms with Gasteiger partial charge in [0.1, 0.15) is 0 Å². The van der Waals surface area contributed by atoms with Crippen LogP contribution in [0.15, 0.2) is 0 Å². The molecule has 18 heavy (non-hydrogen) atoms. The first kappa shape index (κ1) is 14.8. The number of unbranched alkanes of at least 4 members (excludes halogenated alkanes) is 1. The number of carboxylic acid groups (broad SMARTS) is 1. The number of hydrogen-bond donors (Lipinski definition) is 2. The summed E-state index contributed by atoms with van der Waals surface area (Å²) in [5, 5.41) is 11.7. The molecule has 1 saturated heterocycles. The van der Waals surface area contributed by atoms with E-state index in [1.807, 2.05) is 6.92 Å². The van der Waals surface area contributed by atoms with Crippen molar-refractivity contribution >= 4 is 12.0 Å². The van der Waals surface area contributed by atoms with Gasteiger partial charge in [-0.15, -0.1) is 0 Å². The van der Waals surface area contributed by atoms with Crippen LogP contribution in [-0.4, -0.2) is 53.8 Å². The molecule has 2 atom stereocenters. The Kier molecular flexibility index (Phi) is 5.91. The van der Waals surface area contributed by atoms with E-state index in [4.69, 9.17) is 9.84 Å². The molecule has 0 aromatic rings. The molecular weight excluding hydrogens is 236 g/mol. The summed E-state index contributed by atoms with van der Waals surface area (Å²) >= 11 is 0. The lowest BCUT2D eigenvalue weighted by Gasteiger charge is -2.31. The highest BCUT2D eigenvalue weighted by atomic mass is 16.5. The molecule has 6 heteroatoms. The lowest BCUT2D eigenvalue weighted by atomic mass is 10.1. The summed E-state index contributed by atoms with van der Waals surface area (Å²) in [4.78, 5) is 24.2. The van der Waals surface area contributed by atoms with Crippen LogP contribution in [0.2, 0.25) is 0 Å². The van der Waals surface area contributed by atoms with Crippen LogP contribution in [0, 0.1) is 0 Å². The Balaban J connectivity index is 2.38. The van der Waals surface area contributed by atoms with E-state index in [9.17, 15) is 9.59 Å². The molecule has 1 aliphatic rings. The molecule has 104 valence electrons.